The molecule has 0 saturated carbocycles. The second kappa shape index (κ2) is 5.65. The fourth-order valence-corrected chi connectivity index (χ4v) is 2.00. The Morgan fingerprint density at radius 3 is 2.26 bits per heavy atom. The average Bonchev–Trinajstić information content (AvgIpc) is 2.35. The van der Waals surface area contributed by atoms with Crippen molar-refractivity contribution < 1.29 is 9.66 Å². The molecule has 0 N–H and O–H groups in total. The standard InChI is InChI=1S/C12H5Cl3NO3/c13-8-2-1-3-9(14)12(8)19-11-5-4-7(16(17)18)6-10(11)15/h2-6H. The van der Waals surface area contributed by atoms with Crippen LogP contribution in [0.2, 0.25) is 15.1 Å². The molecule has 19 heavy (non-hydrogen) atoms. The molecular formula is C12H5Cl3NO3. The van der Waals surface area contributed by atoms with Gasteiger partial charge in [-0.25, -0.2) is 0 Å². The first-order valence-corrected chi connectivity index (χ1v) is 6.09. The summed E-state index contributed by atoms with van der Waals surface area (Å²) in [6.07, 6.45) is 0. The molecule has 4 nitrogen and oxygen atoms in total. The van der Waals surface area contributed by atoms with E-state index in [0.29, 0.717) is 0 Å². The Morgan fingerprint density at radius 2 is 1.74 bits per heavy atom. The maximum Gasteiger partial charge on any atom is 0.271 e. The Hall–Kier alpha value is -1.49. The van der Waals surface area contributed by atoms with Crippen molar-refractivity contribution in [1.29, 1.82) is 0 Å². The van der Waals surface area contributed by atoms with Crippen molar-refractivity contribution >= 4 is 40.5 Å². The molecule has 97 valence electrons. The van der Waals surface area contributed by atoms with Gasteiger partial charge < -0.3 is 4.74 Å². The number of hydrogen-bond acceptors (Lipinski definition) is 3. The summed E-state index contributed by atoms with van der Waals surface area (Å²) in [5.74, 6) is 0.445. The minimum Gasteiger partial charge on any atom is -0.453 e. The minimum absolute atomic E-state index is 0.0918. The molecule has 2 aromatic rings. The quantitative estimate of drug-likeness (QED) is 0.581. The van der Waals surface area contributed by atoms with Crippen molar-refractivity contribution in [2.24, 2.45) is 0 Å². The average molecular weight is 318 g/mol. The number of hydrogen-bond donors (Lipinski definition) is 0. The molecule has 1 radical (unpaired) electrons. The molecule has 0 spiro atoms. The van der Waals surface area contributed by atoms with Crippen LogP contribution >= 0.6 is 34.8 Å². The van der Waals surface area contributed by atoms with Gasteiger partial charge in [-0.1, -0.05) is 34.8 Å². The normalized spacial score (nSPS) is 10.3. The third-order valence-corrected chi connectivity index (χ3v) is 3.05. The Balaban J connectivity index is 2.36. The van der Waals surface area contributed by atoms with Crippen LogP contribution in [0.4, 0.5) is 5.69 Å². The van der Waals surface area contributed by atoms with E-state index >= 15 is 0 Å². The van der Waals surface area contributed by atoms with Crippen LogP contribution in [0.1, 0.15) is 0 Å². The fourth-order valence-electron chi connectivity index (χ4n) is 1.33. The van der Waals surface area contributed by atoms with Gasteiger partial charge >= 0.3 is 0 Å². The molecule has 0 amide bonds. The highest BCUT2D eigenvalue weighted by atomic mass is 35.5. The van der Waals surface area contributed by atoms with Gasteiger partial charge in [0.2, 0.25) is 0 Å². The Bertz CT molecular complexity index is 626. The third kappa shape index (κ3) is 3.10. The van der Waals surface area contributed by atoms with Crippen LogP contribution < -0.4 is 4.74 Å². The number of rotatable bonds is 3. The van der Waals surface area contributed by atoms with Crippen LogP contribution in [0, 0.1) is 16.2 Å². The molecule has 0 saturated heterocycles. The molecule has 0 unspecified atom stereocenters. The van der Waals surface area contributed by atoms with Crippen LogP contribution in [-0.4, -0.2) is 4.92 Å². The molecule has 0 aromatic heterocycles. The van der Waals surface area contributed by atoms with Crippen LogP contribution in [0.25, 0.3) is 0 Å². The minimum atomic E-state index is -0.549. The Kier molecular flexibility index (Phi) is 4.14. The van der Waals surface area contributed by atoms with Crippen molar-refractivity contribution in [2.75, 3.05) is 0 Å². The molecule has 0 atom stereocenters. The summed E-state index contributed by atoms with van der Waals surface area (Å²) in [4.78, 5) is 10.0. The summed E-state index contributed by atoms with van der Waals surface area (Å²) >= 11 is 17.7. The molecule has 0 aliphatic heterocycles. The molecule has 0 bridgehead atoms. The van der Waals surface area contributed by atoms with E-state index in [2.05, 4.69) is 6.07 Å². The summed E-state index contributed by atoms with van der Waals surface area (Å²) in [5, 5.41) is 11.2. The van der Waals surface area contributed by atoms with E-state index < -0.39 is 4.92 Å². The monoisotopic (exact) mass is 316 g/mol. The molecule has 2 aromatic carbocycles. The molecular weight excluding hydrogens is 312 g/mol. The van der Waals surface area contributed by atoms with Gasteiger partial charge in [-0.2, -0.15) is 0 Å². The Labute approximate surface area is 123 Å². The molecule has 2 rings (SSSR count). The number of non-ortho nitro benzene ring substituents is 1. The van der Waals surface area contributed by atoms with Gasteiger partial charge in [-0.3, -0.25) is 10.1 Å². The lowest BCUT2D eigenvalue weighted by atomic mass is 10.3. The summed E-state index contributed by atoms with van der Waals surface area (Å²) in [6.45, 7) is 0. The van der Waals surface area contributed by atoms with Gasteiger partial charge in [-0.05, 0) is 24.3 Å². The summed E-state index contributed by atoms with van der Waals surface area (Å²) in [5.41, 5.74) is -0.129. The second-order valence-electron chi connectivity index (χ2n) is 3.45. The van der Waals surface area contributed by atoms with Crippen LogP contribution in [-0.2, 0) is 0 Å². The zero-order valence-corrected chi connectivity index (χ0v) is 11.5. The first kappa shape index (κ1) is 13.9. The number of nitrogens with zero attached hydrogens (tertiary/aromatic N) is 1. The zero-order chi connectivity index (χ0) is 14.0. The van der Waals surface area contributed by atoms with Gasteiger partial charge in [0, 0.05) is 12.1 Å². The summed E-state index contributed by atoms with van der Waals surface area (Å²) in [7, 11) is 0. The largest absolute Gasteiger partial charge is 0.453 e. The van der Waals surface area contributed by atoms with E-state index in [1.165, 1.54) is 30.3 Å². The van der Waals surface area contributed by atoms with E-state index in [-0.39, 0.29) is 32.3 Å². The van der Waals surface area contributed by atoms with E-state index in [1.807, 2.05) is 0 Å². The maximum atomic E-state index is 10.6. The molecule has 0 fully saturated rings. The van der Waals surface area contributed by atoms with Crippen LogP contribution in [0.5, 0.6) is 11.5 Å². The number of nitro groups is 1. The lowest BCUT2D eigenvalue weighted by Gasteiger charge is -2.10. The van der Waals surface area contributed by atoms with Crippen LogP contribution in [0.3, 0.4) is 0 Å². The predicted octanol–water partition coefficient (Wildman–Crippen LogP) is 5.15. The van der Waals surface area contributed by atoms with Crippen molar-refractivity contribution in [3.05, 3.63) is 61.6 Å². The van der Waals surface area contributed by atoms with Gasteiger partial charge in [0.05, 0.1) is 20.0 Å². The van der Waals surface area contributed by atoms with Crippen molar-refractivity contribution in [2.45, 2.75) is 0 Å². The van der Waals surface area contributed by atoms with Crippen molar-refractivity contribution in [3.8, 4) is 11.5 Å². The first-order chi connectivity index (χ1) is 8.99. The fraction of sp³-hybridized carbons (Fsp3) is 0. The summed E-state index contributed by atoms with van der Waals surface area (Å²) in [6, 6.07) is 9.55. The van der Waals surface area contributed by atoms with Gasteiger partial charge in [-0.15, -0.1) is 0 Å². The van der Waals surface area contributed by atoms with E-state index in [0.717, 1.165) is 0 Å². The van der Waals surface area contributed by atoms with E-state index in [9.17, 15) is 10.1 Å². The van der Waals surface area contributed by atoms with Gasteiger partial charge in [0.1, 0.15) is 5.75 Å². The SMILES string of the molecule is O=[N+]([O-])c1ccc(Oc2c(Cl)c[c]cc2Cl)c(Cl)c1. The molecule has 0 aliphatic rings. The van der Waals surface area contributed by atoms with Crippen LogP contribution in [0.15, 0.2) is 30.3 Å². The molecule has 7 heteroatoms. The third-order valence-electron chi connectivity index (χ3n) is 2.19. The topological polar surface area (TPSA) is 52.4 Å². The van der Waals surface area contributed by atoms with E-state index in [4.69, 9.17) is 39.5 Å². The number of halogens is 3. The van der Waals surface area contributed by atoms with Gasteiger partial charge in [0.15, 0.2) is 5.75 Å². The lowest BCUT2D eigenvalue weighted by Crippen LogP contribution is -1.91. The smallest absolute Gasteiger partial charge is 0.271 e. The number of nitro benzene ring substituents is 1. The van der Waals surface area contributed by atoms with Crippen molar-refractivity contribution in [1.82, 2.24) is 0 Å². The zero-order valence-electron chi connectivity index (χ0n) is 9.19. The first-order valence-electron chi connectivity index (χ1n) is 4.96. The highest BCUT2D eigenvalue weighted by Gasteiger charge is 2.14. The molecule has 0 heterocycles. The lowest BCUT2D eigenvalue weighted by molar-refractivity contribution is -0.384. The van der Waals surface area contributed by atoms with E-state index in [1.54, 1.807) is 0 Å². The number of benzene rings is 2. The molecule has 0 aliphatic carbocycles. The number of ether oxygens (including phenoxy) is 1. The highest BCUT2D eigenvalue weighted by molar-refractivity contribution is 6.37. The maximum absolute atomic E-state index is 10.6. The predicted molar refractivity (Wildman–Crippen MR) is 73.5 cm³/mol. The van der Waals surface area contributed by atoms with Crippen molar-refractivity contribution in [3.63, 3.8) is 0 Å². The summed E-state index contributed by atoms with van der Waals surface area (Å²) < 4.78 is 5.47. The second-order valence-corrected chi connectivity index (χ2v) is 4.68. The Morgan fingerprint density at radius 1 is 1.11 bits per heavy atom. The highest BCUT2D eigenvalue weighted by Crippen LogP contribution is 2.39. The van der Waals surface area contributed by atoms with Gasteiger partial charge in [0.25, 0.3) is 5.69 Å².